The molecular weight excluding hydrogens is 246 g/mol. The molecule has 0 fully saturated rings. The molecule has 2 rings (SSSR count). The standard InChI is InChI=1S/C13H11N3OS/c1-9-11(13(17)15-6-5-14)2-3-12(16-9)10-4-7-18-8-10/h2-4,7-8H,6H2,1H3,(H,15,17). The fourth-order valence-electron chi connectivity index (χ4n) is 1.59. The summed E-state index contributed by atoms with van der Waals surface area (Å²) in [4.78, 5) is 16.1. The first-order valence-corrected chi connectivity index (χ1v) is 6.32. The molecule has 2 aromatic heterocycles. The van der Waals surface area contributed by atoms with E-state index in [0.29, 0.717) is 11.3 Å². The Bertz CT molecular complexity index is 599. The number of aryl methyl sites for hydroxylation is 1. The maximum absolute atomic E-state index is 11.7. The predicted molar refractivity (Wildman–Crippen MR) is 70.2 cm³/mol. The van der Waals surface area contributed by atoms with Gasteiger partial charge in [-0.15, -0.1) is 0 Å². The van der Waals surface area contributed by atoms with Gasteiger partial charge >= 0.3 is 0 Å². The van der Waals surface area contributed by atoms with Crippen LogP contribution in [-0.4, -0.2) is 17.4 Å². The number of hydrogen-bond acceptors (Lipinski definition) is 4. The Balaban J connectivity index is 2.26. The summed E-state index contributed by atoms with van der Waals surface area (Å²) in [6, 6.07) is 7.41. The van der Waals surface area contributed by atoms with Crippen LogP contribution in [-0.2, 0) is 0 Å². The highest BCUT2D eigenvalue weighted by Crippen LogP contribution is 2.21. The first-order chi connectivity index (χ1) is 8.72. The van der Waals surface area contributed by atoms with Crippen LogP contribution in [0.2, 0.25) is 0 Å². The molecule has 1 N–H and O–H groups in total. The van der Waals surface area contributed by atoms with Crippen LogP contribution < -0.4 is 5.32 Å². The molecule has 18 heavy (non-hydrogen) atoms. The van der Waals surface area contributed by atoms with Crippen molar-refractivity contribution >= 4 is 17.2 Å². The molecule has 0 aliphatic carbocycles. The van der Waals surface area contributed by atoms with E-state index in [0.717, 1.165) is 11.3 Å². The van der Waals surface area contributed by atoms with E-state index in [1.165, 1.54) is 0 Å². The number of carbonyl (C=O) groups is 1. The fourth-order valence-corrected chi connectivity index (χ4v) is 2.24. The zero-order valence-corrected chi connectivity index (χ0v) is 10.6. The van der Waals surface area contributed by atoms with E-state index in [1.54, 1.807) is 24.3 Å². The maximum atomic E-state index is 11.7. The van der Waals surface area contributed by atoms with Gasteiger partial charge in [-0.05, 0) is 30.5 Å². The van der Waals surface area contributed by atoms with Gasteiger partial charge in [0.25, 0.3) is 5.91 Å². The van der Waals surface area contributed by atoms with Crippen molar-refractivity contribution in [1.82, 2.24) is 10.3 Å². The largest absolute Gasteiger partial charge is 0.339 e. The normalized spacial score (nSPS) is 9.78. The zero-order chi connectivity index (χ0) is 13.0. The Labute approximate surface area is 109 Å². The second kappa shape index (κ2) is 5.43. The van der Waals surface area contributed by atoms with Gasteiger partial charge in [0.1, 0.15) is 6.54 Å². The number of amides is 1. The van der Waals surface area contributed by atoms with Crippen LogP contribution in [0.5, 0.6) is 0 Å². The Kier molecular flexibility index (Phi) is 3.70. The number of carbonyl (C=O) groups excluding carboxylic acids is 1. The number of hydrogen-bond donors (Lipinski definition) is 1. The first-order valence-electron chi connectivity index (χ1n) is 5.37. The van der Waals surface area contributed by atoms with Crippen molar-refractivity contribution in [2.45, 2.75) is 6.92 Å². The molecule has 0 aromatic carbocycles. The number of rotatable bonds is 3. The molecule has 0 aliphatic rings. The summed E-state index contributed by atoms with van der Waals surface area (Å²) in [5, 5.41) is 14.9. The lowest BCUT2D eigenvalue weighted by Gasteiger charge is -2.06. The minimum atomic E-state index is -0.265. The van der Waals surface area contributed by atoms with E-state index >= 15 is 0 Å². The maximum Gasteiger partial charge on any atom is 0.253 e. The molecule has 0 atom stereocenters. The summed E-state index contributed by atoms with van der Waals surface area (Å²) >= 11 is 1.61. The smallest absolute Gasteiger partial charge is 0.253 e. The summed E-state index contributed by atoms with van der Waals surface area (Å²) in [5.74, 6) is -0.265. The first kappa shape index (κ1) is 12.3. The van der Waals surface area contributed by atoms with Gasteiger partial charge in [-0.3, -0.25) is 9.78 Å². The Morgan fingerprint density at radius 3 is 2.94 bits per heavy atom. The van der Waals surface area contributed by atoms with Crippen LogP contribution in [0.25, 0.3) is 11.3 Å². The third-order valence-electron chi connectivity index (χ3n) is 2.48. The molecule has 0 unspecified atom stereocenters. The monoisotopic (exact) mass is 257 g/mol. The Morgan fingerprint density at radius 2 is 2.33 bits per heavy atom. The molecule has 0 aliphatic heterocycles. The van der Waals surface area contributed by atoms with Crippen LogP contribution in [0, 0.1) is 18.3 Å². The number of nitriles is 1. The Morgan fingerprint density at radius 1 is 1.50 bits per heavy atom. The van der Waals surface area contributed by atoms with Crippen molar-refractivity contribution in [1.29, 1.82) is 5.26 Å². The highest BCUT2D eigenvalue weighted by molar-refractivity contribution is 7.08. The molecule has 4 nitrogen and oxygen atoms in total. The minimum Gasteiger partial charge on any atom is -0.339 e. The second-order valence-electron chi connectivity index (χ2n) is 3.68. The van der Waals surface area contributed by atoms with Gasteiger partial charge in [0.05, 0.1) is 23.0 Å². The molecule has 0 saturated heterocycles. The SMILES string of the molecule is Cc1nc(-c2ccsc2)ccc1C(=O)NCC#N. The molecule has 0 spiro atoms. The van der Waals surface area contributed by atoms with E-state index in [9.17, 15) is 4.79 Å². The molecule has 0 radical (unpaired) electrons. The van der Waals surface area contributed by atoms with Crippen molar-refractivity contribution in [2.75, 3.05) is 6.54 Å². The van der Waals surface area contributed by atoms with Gasteiger partial charge in [-0.2, -0.15) is 16.6 Å². The van der Waals surface area contributed by atoms with Gasteiger partial charge in [0.2, 0.25) is 0 Å². The molecule has 0 saturated carbocycles. The van der Waals surface area contributed by atoms with E-state index < -0.39 is 0 Å². The van der Waals surface area contributed by atoms with E-state index in [1.807, 2.05) is 29.0 Å². The topological polar surface area (TPSA) is 65.8 Å². The number of nitrogens with one attached hydrogen (secondary N) is 1. The summed E-state index contributed by atoms with van der Waals surface area (Å²) in [5.41, 5.74) is 3.07. The van der Waals surface area contributed by atoms with Gasteiger partial charge in [-0.1, -0.05) is 0 Å². The van der Waals surface area contributed by atoms with Gasteiger partial charge in [-0.25, -0.2) is 0 Å². The van der Waals surface area contributed by atoms with Gasteiger partial charge < -0.3 is 5.32 Å². The number of aromatic nitrogens is 1. The van der Waals surface area contributed by atoms with Crippen molar-refractivity contribution in [3.05, 3.63) is 40.2 Å². The summed E-state index contributed by atoms with van der Waals surface area (Å²) in [6.45, 7) is 1.79. The van der Waals surface area contributed by atoms with Crippen LogP contribution in [0.4, 0.5) is 0 Å². The third kappa shape index (κ3) is 2.55. The highest BCUT2D eigenvalue weighted by Gasteiger charge is 2.10. The lowest BCUT2D eigenvalue weighted by molar-refractivity contribution is 0.0957. The van der Waals surface area contributed by atoms with Crippen LogP contribution in [0.15, 0.2) is 29.0 Å². The lowest BCUT2D eigenvalue weighted by Crippen LogP contribution is -2.24. The Hall–Kier alpha value is -2.19. The molecule has 5 heteroatoms. The quantitative estimate of drug-likeness (QED) is 0.858. The van der Waals surface area contributed by atoms with Crippen LogP contribution in [0.3, 0.4) is 0 Å². The molecule has 1 amide bonds. The van der Waals surface area contributed by atoms with Gasteiger partial charge in [0.15, 0.2) is 0 Å². The lowest BCUT2D eigenvalue weighted by atomic mass is 10.1. The summed E-state index contributed by atoms with van der Waals surface area (Å²) in [7, 11) is 0. The number of pyridine rings is 1. The number of nitrogens with zero attached hydrogens (tertiary/aromatic N) is 2. The van der Waals surface area contributed by atoms with E-state index in [2.05, 4.69) is 10.3 Å². The predicted octanol–water partition coefficient (Wildman–Crippen LogP) is 2.37. The second-order valence-corrected chi connectivity index (χ2v) is 4.46. The molecule has 2 heterocycles. The molecular formula is C13H11N3OS. The third-order valence-corrected chi connectivity index (χ3v) is 3.16. The van der Waals surface area contributed by atoms with E-state index in [4.69, 9.17) is 5.26 Å². The summed E-state index contributed by atoms with van der Waals surface area (Å²) < 4.78 is 0. The molecule has 0 bridgehead atoms. The van der Waals surface area contributed by atoms with E-state index in [-0.39, 0.29) is 12.5 Å². The van der Waals surface area contributed by atoms with Crippen molar-refractivity contribution in [3.63, 3.8) is 0 Å². The fraction of sp³-hybridized carbons (Fsp3) is 0.154. The highest BCUT2D eigenvalue weighted by atomic mass is 32.1. The van der Waals surface area contributed by atoms with Crippen molar-refractivity contribution < 1.29 is 4.79 Å². The zero-order valence-electron chi connectivity index (χ0n) is 9.80. The molecule has 2 aromatic rings. The average Bonchev–Trinajstić information content (AvgIpc) is 2.89. The summed E-state index contributed by atoms with van der Waals surface area (Å²) in [6.07, 6.45) is 0. The van der Waals surface area contributed by atoms with Crippen molar-refractivity contribution in [3.8, 4) is 17.3 Å². The molecule has 90 valence electrons. The van der Waals surface area contributed by atoms with Crippen molar-refractivity contribution in [2.24, 2.45) is 0 Å². The number of thiophene rings is 1. The minimum absolute atomic E-state index is 0.00452. The van der Waals surface area contributed by atoms with Crippen LogP contribution in [0.1, 0.15) is 16.1 Å². The van der Waals surface area contributed by atoms with Crippen LogP contribution >= 0.6 is 11.3 Å². The van der Waals surface area contributed by atoms with Gasteiger partial charge in [0, 0.05) is 10.9 Å². The average molecular weight is 257 g/mol.